The maximum absolute atomic E-state index is 14.3. The van der Waals surface area contributed by atoms with Crippen molar-refractivity contribution in [2.45, 2.75) is 79.3 Å². The van der Waals surface area contributed by atoms with E-state index >= 15 is 0 Å². The predicted molar refractivity (Wildman–Crippen MR) is 216 cm³/mol. The number of hydrogen-bond donors (Lipinski definition) is 1. The number of rotatable bonds is 11. The lowest BCUT2D eigenvalue weighted by Crippen LogP contribution is -2.52. The number of nitrogens with one attached hydrogen (secondary N) is 1. The first-order chi connectivity index (χ1) is 26.0. The van der Waals surface area contributed by atoms with E-state index in [1.807, 2.05) is 63.5 Å². The van der Waals surface area contributed by atoms with Gasteiger partial charge < -0.3 is 19.9 Å². The minimum absolute atomic E-state index is 0.0107. The Kier molecular flexibility index (Phi) is 11.4. The number of fused-ring (bicyclic) bond motifs is 4. The summed E-state index contributed by atoms with van der Waals surface area (Å²) in [5.74, 6) is 0.806. The molecule has 2 aliphatic heterocycles. The smallest absolute Gasteiger partial charge is 0.241 e. The fourth-order valence-electron chi connectivity index (χ4n) is 7.55. The topological polar surface area (TPSA) is 146 Å². The third-order valence-electron chi connectivity index (χ3n) is 9.90. The molecule has 0 saturated heterocycles. The molecule has 2 aromatic heterocycles. The van der Waals surface area contributed by atoms with Gasteiger partial charge in [0.1, 0.15) is 35.1 Å². The second kappa shape index (κ2) is 15.8. The van der Waals surface area contributed by atoms with E-state index in [-0.39, 0.29) is 49.6 Å². The fraction of sp³-hybridized carbons (Fsp3) is 0.425. The van der Waals surface area contributed by atoms with E-state index in [9.17, 15) is 14.4 Å². The lowest BCUT2D eigenvalue weighted by atomic mass is 9.78. The maximum Gasteiger partial charge on any atom is 0.241 e. The molecule has 55 heavy (non-hydrogen) atoms. The van der Waals surface area contributed by atoms with Crippen LogP contribution >= 0.6 is 34.5 Å². The molecule has 1 N–H and O–H groups in total. The van der Waals surface area contributed by atoms with Crippen LogP contribution in [0.2, 0.25) is 5.02 Å². The number of hydrogen-bond acceptors (Lipinski definition) is 9. The average molecular weight is 804 g/mol. The standard InChI is InChI=1S/C40H44Cl2N8O4S/c1-23-24(2)55-37-34(23)35(26-9-11-27(42)12-10-26)44-29(36-47-46-25(3)50(36)37)20-32(51)45-40(6,7)22-39(4,5)38(53)49-17-18-54-31-19-28(13-14-30(31)49)48(16-8-15-43)33(52)21-41/h9-14,19,29H,8,16-18,20-22H2,1-7H3,(H,45,51)/t29-/m0/s1. The van der Waals surface area contributed by atoms with Crippen LogP contribution in [-0.2, 0) is 14.4 Å². The molecule has 0 saturated carbocycles. The van der Waals surface area contributed by atoms with E-state index < -0.39 is 17.0 Å². The molecule has 4 heterocycles. The molecule has 288 valence electrons. The Labute approximate surface area is 335 Å². The number of nitriles is 1. The number of thiophene rings is 1. The highest BCUT2D eigenvalue weighted by Crippen LogP contribution is 2.41. The van der Waals surface area contributed by atoms with Gasteiger partial charge in [0.05, 0.1) is 36.9 Å². The number of carbonyl (C=O) groups excluding carboxylic acids is 3. The largest absolute Gasteiger partial charge is 0.489 e. The number of carbonyl (C=O) groups is 3. The van der Waals surface area contributed by atoms with Crippen LogP contribution in [0.3, 0.4) is 0 Å². The summed E-state index contributed by atoms with van der Waals surface area (Å²) in [5.41, 5.74) is 3.16. The van der Waals surface area contributed by atoms with Crippen molar-refractivity contribution < 1.29 is 19.1 Å². The summed E-state index contributed by atoms with van der Waals surface area (Å²) in [6.45, 7) is 14.4. The minimum atomic E-state index is -0.902. The van der Waals surface area contributed by atoms with Crippen LogP contribution in [0.5, 0.6) is 5.75 Å². The second-order valence-corrected chi connectivity index (χ2v) is 17.1. The normalized spacial score (nSPS) is 15.1. The second-order valence-electron chi connectivity index (χ2n) is 15.1. The molecule has 0 fully saturated rings. The minimum Gasteiger partial charge on any atom is -0.489 e. The van der Waals surface area contributed by atoms with E-state index in [2.05, 4.69) is 35.4 Å². The van der Waals surface area contributed by atoms with Crippen molar-refractivity contribution in [1.82, 2.24) is 20.1 Å². The number of alkyl halides is 1. The molecule has 0 bridgehead atoms. The van der Waals surface area contributed by atoms with Crippen molar-refractivity contribution >= 4 is 69.3 Å². The summed E-state index contributed by atoms with van der Waals surface area (Å²) >= 11 is 13.8. The third kappa shape index (κ3) is 8.13. The number of benzene rings is 2. The molecule has 6 rings (SSSR count). The molecule has 1 atom stereocenters. The van der Waals surface area contributed by atoms with Gasteiger partial charge in [0.25, 0.3) is 0 Å². The summed E-state index contributed by atoms with van der Waals surface area (Å²) in [6, 6.07) is 14.1. The highest BCUT2D eigenvalue weighted by Gasteiger charge is 2.41. The zero-order valence-electron chi connectivity index (χ0n) is 32.0. The van der Waals surface area contributed by atoms with Crippen LogP contribution in [-0.4, -0.2) is 69.3 Å². The summed E-state index contributed by atoms with van der Waals surface area (Å²) < 4.78 is 7.95. The first-order valence-corrected chi connectivity index (χ1v) is 19.8. The molecule has 0 unspecified atom stereocenters. The van der Waals surface area contributed by atoms with E-state index in [4.69, 9.17) is 38.2 Å². The zero-order valence-corrected chi connectivity index (χ0v) is 34.3. The Morgan fingerprint density at radius 3 is 2.51 bits per heavy atom. The molecule has 2 aliphatic rings. The molecular weight excluding hydrogens is 759 g/mol. The van der Waals surface area contributed by atoms with Gasteiger partial charge in [-0.15, -0.1) is 33.1 Å². The van der Waals surface area contributed by atoms with Gasteiger partial charge in [0, 0.05) is 50.3 Å². The molecule has 3 amide bonds. The first-order valence-electron chi connectivity index (χ1n) is 18.0. The Balaban J connectivity index is 1.22. The van der Waals surface area contributed by atoms with Gasteiger partial charge in [0.2, 0.25) is 17.7 Å². The van der Waals surface area contributed by atoms with Crippen LogP contribution in [0.25, 0.3) is 5.00 Å². The quantitative estimate of drug-likeness (QED) is 0.156. The van der Waals surface area contributed by atoms with Crippen molar-refractivity contribution in [3.63, 3.8) is 0 Å². The zero-order chi connectivity index (χ0) is 39.8. The Morgan fingerprint density at radius 2 is 1.82 bits per heavy atom. The van der Waals surface area contributed by atoms with Gasteiger partial charge in [-0.3, -0.25) is 23.9 Å². The van der Waals surface area contributed by atoms with Crippen molar-refractivity contribution in [3.05, 3.63) is 80.7 Å². The number of halogens is 2. The summed E-state index contributed by atoms with van der Waals surface area (Å²) in [5, 5.41) is 22.8. The van der Waals surface area contributed by atoms with Gasteiger partial charge in [-0.25, -0.2) is 0 Å². The molecule has 4 aromatic rings. The van der Waals surface area contributed by atoms with E-state index in [0.29, 0.717) is 46.8 Å². The number of ether oxygens (including phenoxy) is 1. The lowest BCUT2D eigenvalue weighted by Gasteiger charge is -2.39. The molecule has 0 spiro atoms. The number of aromatic nitrogens is 3. The van der Waals surface area contributed by atoms with Gasteiger partial charge >= 0.3 is 0 Å². The molecule has 2 aromatic carbocycles. The molecule has 15 heteroatoms. The number of anilines is 2. The fourth-order valence-corrected chi connectivity index (χ4v) is 9.03. The highest BCUT2D eigenvalue weighted by atomic mass is 35.5. The summed E-state index contributed by atoms with van der Waals surface area (Å²) in [4.78, 5) is 50.4. The number of amides is 3. The molecule has 12 nitrogen and oxygen atoms in total. The van der Waals surface area contributed by atoms with Crippen LogP contribution in [0.15, 0.2) is 47.5 Å². The van der Waals surface area contributed by atoms with Crippen LogP contribution in [0.1, 0.15) is 86.2 Å². The van der Waals surface area contributed by atoms with Crippen molar-refractivity contribution in [1.29, 1.82) is 5.26 Å². The van der Waals surface area contributed by atoms with E-state index in [0.717, 1.165) is 32.3 Å². The number of nitrogens with zero attached hydrogens (tertiary/aromatic N) is 7. The van der Waals surface area contributed by atoms with Crippen molar-refractivity contribution in [2.75, 3.05) is 35.4 Å². The van der Waals surface area contributed by atoms with E-state index in [1.54, 1.807) is 34.4 Å². The Morgan fingerprint density at radius 1 is 1.09 bits per heavy atom. The third-order valence-corrected chi connectivity index (χ3v) is 11.6. The van der Waals surface area contributed by atoms with Crippen LogP contribution in [0, 0.1) is 37.5 Å². The molecule has 0 aliphatic carbocycles. The van der Waals surface area contributed by atoms with E-state index in [1.165, 1.54) is 4.90 Å². The van der Waals surface area contributed by atoms with Gasteiger partial charge in [0.15, 0.2) is 5.82 Å². The number of aryl methyl sites for hydroxylation is 2. The van der Waals surface area contributed by atoms with Crippen LogP contribution < -0.4 is 19.9 Å². The molecular formula is C40H44Cl2N8O4S. The lowest BCUT2D eigenvalue weighted by molar-refractivity contribution is -0.129. The SMILES string of the molecule is Cc1sc2c(c1C)C(c1ccc(Cl)cc1)=N[C@@H](CC(=O)NC(C)(C)CC(C)(C)C(=O)N1CCOc3cc(N(CCC#N)C(=O)CCl)ccc31)c1nnc(C)n1-2. The Hall–Kier alpha value is -4.77. The maximum atomic E-state index is 14.3. The summed E-state index contributed by atoms with van der Waals surface area (Å²) in [7, 11) is 0. The van der Waals surface area contributed by atoms with Crippen molar-refractivity contribution in [2.24, 2.45) is 10.4 Å². The average Bonchev–Trinajstić information content (AvgIpc) is 3.62. The predicted octanol–water partition coefficient (Wildman–Crippen LogP) is 7.41. The Bertz CT molecular complexity index is 2220. The van der Waals surface area contributed by atoms with Gasteiger partial charge in [-0.2, -0.15) is 5.26 Å². The monoisotopic (exact) mass is 802 g/mol. The van der Waals surface area contributed by atoms with Gasteiger partial charge in [-0.1, -0.05) is 37.6 Å². The van der Waals surface area contributed by atoms with Gasteiger partial charge in [-0.05, 0) is 70.9 Å². The van der Waals surface area contributed by atoms with Crippen LogP contribution in [0.4, 0.5) is 11.4 Å². The summed E-state index contributed by atoms with van der Waals surface area (Å²) in [6.07, 6.45) is 0.480. The first kappa shape index (κ1) is 39.9. The highest BCUT2D eigenvalue weighted by molar-refractivity contribution is 7.15. The van der Waals surface area contributed by atoms with Crippen molar-refractivity contribution in [3.8, 4) is 16.8 Å². The number of aliphatic imine (C=N–C) groups is 1. The molecule has 0 radical (unpaired) electrons.